The quantitative estimate of drug-likeness (QED) is 0.853. The van der Waals surface area contributed by atoms with Crippen molar-refractivity contribution in [2.75, 3.05) is 12.8 Å². The zero-order chi connectivity index (χ0) is 12.1. The Morgan fingerprint density at radius 3 is 2.31 bits per heavy atom. The molecule has 0 aliphatic heterocycles. The molecule has 16 heavy (non-hydrogen) atoms. The molecule has 1 rings (SSSR count). The van der Waals surface area contributed by atoms with Crippen LogP contribution in [0.5, 0.6) is 0 Å². The molecule has 0 fully saturated rings. The predicted octanol–water partition coefficient (Wildman–Crippen LogP) is 3.37. The zero-order valence-corrected chi connectivity index (χ0v) is 10.6. The van der Waals surface area contributed by atoms with Crippen molar-refractivity contribution in [2.45, 2.75) is 25.1 Å². The topological polar surface area (TPSA) is 12.0 Å². The number of benzene rings is 1. The minimum Gasteiger partial charge on any atom is -0.309 e. The van der Waals surface area contributed by atoms with Gasteiger partial charge in [-0.2, -0.15) is 11.8 Å². The lowest BCUT2D eigenvalue weighted by Crippen LogP contribution is -2.26. The summed E-state index contributed by atoms with van der Waals surface area (Å²) in [4.78, 5) is 0. The molecule has 0 saturated carbocycles. The molecule has 90 valence electrons. The molecule has 0 bridgehead atoms. The van der Waals surface area contributed by atoms with Crippen LogP contribution in [-0.2, 0) is 0 Å². The van der Waals surface area contributed by atoms with Crippen molar-refractivity contribution in [2.24, 2.45) is 0 Å². The third-order valence-electron chi connectivity index (χ3n) is 2.55. The average Bonchev–Trinajstić information content (AvgIpc) is 2.25. The number of nitrogens with one attached hydrogen (secondary N) is 1. The van der Waals surface area contributed by atoms with Crippen molar-refractivity contribution >= 4 is 11.8 Å². The molecule has 0 radical (unpaired) electrons. The Bertz CT molecular complexity index is 324. The summed E-state index contributed by atoms with van der Waals surface area (Å²) in [6.45, 7) is 4.58. The standard InChI is InChI=1S/C12H17F2NS/c1-8(16-3)7-15-9(2)12-10(13)5-4-6-11(12)14/h4-6,8-9,15H,7H2,1-3H3. The van der Waals surface area contributed by atoms with Crippen LogP contribution >= 0.6 is 11.8 Å². The van der Waals surface area contributed by atoms with Gasteiger partial charge in [-0.05, 0) is 25.3 Å². The van der Waals surface area contributed by atoms with E-state index in [0.717, 1.165) is 6.54 Å². The van der Waals surface area contributed by atoms with Gasteiger partial charge in [-0.15, -0.1) is 0 Å². The van der Waals surface area contributed by atoms with Gasteiger partial charge in [0.2, 0.25) is 0 Å². The first kappa shape index (κ1) is 13.5. The average molecular weight is 245 g/mol. The second-order valence-corrected chi connectivity index (χ2v) is 5.09. The van der Waals surface area contributed by atoms with Crippen molar-refractivity contribution in [1.29, 1.82) is 0 Å². The van der Waals surface area contributed by atoms with Gasteiger partial charge in [-0.3, -0.25) is 0 Å². The van der Waals surface area contributed by atoms with E-state index in [0.29, 0.717) is 5.25 Å². The minimum absolute atomic E-state index is 0.121. The van der Waals surface area contributed by atoms with Crippen LogP contribution in [0.1, 0.15) is 25.5 Å². The Kier molecular flexibility index (Phi) is 5.22. The molecular weight excluding hydrogens is 228 g/mol. The summed E-state index contributed by atoms with van der Waals surface area (Å²) in [7, 11) is 0. The maximum absolute atomic E-state index is 13.4. The highest BCUT2D eigenvalue weighted by molar-refractivity contribution is 7.99. The fourth-order valence-corrected chi connectivity index (χ4v) is 1.72. The van der Waals surface area contributed by atoms with Crippen LogP contribution in [-0.4, -0.2) is 18.1 Å². The summed E-state index contributed by atoms with van der Waals surface area (Å²) >= 11 is 1.72. The van der Waals surface area contributed by atoms with Crippen molar-refractivity contribution in [3.8, 4) is 0 Å². The largest absolute Gasteiger partial charge is 0.309 e. The normalized spacial score (nSPS) is 14.8. The van der Waals surface area contributed by atoms with Gasteiger partial charge in [-0.1, -0.05) is 13.0 Å². The maximum atomic E-state index is 13.4. The van der Waals surface area contributed by atoms with E-state index >= 15 is 0 Å². The van der Waals surface area contributed by atoms with Crippen LogP contribution < -0.4 is 5.32 Å². The van der Waals surface area contributed by atoms with Gasteiger partial charge in [0, 0.05) is 23.4 Å². The highest BCUT2D eigenvalue weighted by Gasteiger charge is 2.15. The highest BCUT2D eigenvalue weighted by atomic mass is 32.2. The lowest BCUT2D eigenvalue weighted by Gasteiger charge is -2.18. The molecule has 0 aromatic heterocycles. The van der Waals surface area contributed by atoms with Crippen LogP contribution in [0.25, 0.3) is 0 Å². The van der Waals surface area contributed by atoms with Gasteiger partial charge in [0.1, 0.15) is 11.6 Å². The lowest BCUT2D eigenvalue weighted by atomic mass is 10.1. The Hall–Kier alpha value is -0.610. The molecule has 0 aliphatic rings. The first-order valence-corrected chi connectivity index (χ1v) is 6.55. The fraction of sp³-hybridized carbons (Fsp3) is 0.500. The van der Waals surface area contributed by atoms with Crippen molar-refractivity contribution in [3.63, 3.8) is 0 Å². The van der Waals surface area contributed by atoms with E-state index in [-0.39, 0.29) is 11.6 Å². The molecule has 1 aromatic carbocycles. The molecule has 2 unspecified atom stereocenters. The predicted molar refractivity (Wildman–Crippen MR) is 65.8 cm³/mol. The van der Waals surface area contributed by atoms with Crippen LogP contribution in [0.2, 0.25) is 0 Å². The van der Waals surface area contributed by atoms with Gasteiger partial charge < -0.3 is 5.32 Å². The van der Waals surface area contributed by atoms with E-state index < -0.39 is 11.6 Å². The van der Waals surface area contributed by atoms with Crippen LogP contribution in [0, 0.1) is 11.6 Å². The first-order chi connectivity index (χ1) is 7.56. The first-order valence-electron chi connectivity index (χ1n) is 5.26. The van der Waals surface area contributed by atoms with Crippen molar-refractivity contribution < 1.29 is 8.78 Å². The van der Waals surface area contributed by atoms with Gasteiger partial charge in [0.05, 0.1) is 0 Å². The SMILES string of the molecule is CSC(C)CNC(C)c1c(F)cccc1F. The lowest BCUT2D eigenvalue weighted by molar-refractivity contribution is 0.490. The fourth-order valence-electron chi connectivity index (χ4n) is 1.45. The minimum atomic E-state index is -0.489. The molecular formula is C12H17F2NS. The summed E-state index contributed by atoms with van der Waals surface area (Å²) in [6.07, 6.45) is 2.01. The Labute approximate surface area is 99.6 Å². The molecule has 0 aliphatic carbocycles. The van der Waals surface area contributed by atoms with Gasteiger partial charge in [0.15, 0.2) is 0 Å². The summed E-state index contributed by atoms with van der Waals surface area (Å²) < 4.78 is 26.8. The van der Waals surface area contributed by atoms with E-state index in [1.54, 1.807) is 18.7 Å². The van der Waals surface area contributed by atoms with E-state index in [1.165, 1.54) is 18.2 Å². The third kappa shape index (κ3) is 3.46. The molecule has 0 spiro atoms. The van der Waals surface area contributed by atoms with Gasteiger partial charge in [0.25, 0.3) is 0 Å². The highest BCUT2D eigenvalue weighted by Crippen LogP contribution is 2.20. The molecule has 1 nitrogen and oxygen atoms in total. The van der Waals surface area contributed by atoms with Crippen LogP contribution in [0.15, 0.2) is 18.2 Å². The van der Waals surface area contributed by atoms with Crippen LogP contribution in [0.4, 0.5) is 8.78 Å². The summed E-state index contributed by atoms with van der Waals surface area (Å²) in [6, 6.07) is 3.64. The molecule has 0 saturated heterocycles. The number of hydrogen-bond acceptors (Lipinski definition) is 2. The van der Waals surface area contributed by atoms with Crippen LogP contribution in [0.3, 0.4) is 0 Å². The third-order valence-corrected chi connectivity index (χ3v) is 3.52. The summed E-state index contributed by atoms with van der Waals surface area (Å²) in [5.74, 6) is -0.978. The number of rotatable bonds is 5. The van der Waals surface area contributed by atoms with E-state index in [9.17, 15) is 8.78 Å². The molecule has 0 heterocycles. The molecule has 1 N–H and O–H groups in total. The Morgan fingerprint density at radius 2 is 1.81 bits per heavy atom. The number of thioether (sulfide) groups is 1. The monoisotopic (exact) mass is 245 g/mol. The van der Waals surface area contributed by atoms with Crippen molar-refractivity contribution in [3.05, 3.63) is 35.4 Å². The second kappa shape index (κ2) is 6.21. The number of hydrogen-bond donors (Lipinski definition) is 1. The Morgan fingerprint density at radius 1 is 1.25 bits per heavy atom. The molecule has 4 heteroatoms. The molecule has 1 aromatic rings. The van der Waals surface area contributed by atoms with E-state index in [2.05, 4.69) is 12.2 Å². The Balaban J connectivity index is 2.69. The smallest absolute Gasteiger partial charge is 0.130 e. The number of halogens is 2. The summed E-state index contributed by atoms with van der Waals surface area (Å²) in [5.41, 5.74) is 0.121. The van der Waals surface area contributed by atoms with Gasteiger partial charge >= 0.3 is 0 Å². The van der Waals surface area contributed by atoms with E-state index in [4.69, 9.17) is 0 Å². The van der Waals surface area contributed by atoms with Crippen molar-refractivity contribution in [1.82, 2.24) is 5.32 Å². The maximum Gasteiger partial charge on any atom is 0.130 e. The van der Waals surface area contributed by atoms with E-state index in [1.807, 2.05) is 6.26 Å². The van der Waals surface area contributed by atoms with Gasteiger partial charge in [-0.25, -0.2) is 8.78 Å². The zero-order valence-electron chi connectivity index (χ0n) is 9.76. The summed E-state index contributed by atoms with van der Waals surface area (Å²) in [5, 5.41) is 3.56. The molecule has 0 amide bonds. The second-order valence-electron chi connectivity index (χ2n) is 3.81. The molecule has 2 atom stereocenters.